The highest BCUT2D eigenvalue weighted by atomic mass is 35.5. The van der Waals surface area contributed by atoms with Crippen LogP contribution in [0, 0.1) is 0 Å². The Labute approximate surface area is 125 Å². The maximum absolute atomic E-state index is 11.8. The quantitative estimate of drug-likeness (QED) is 0.745. The molecule has 2 rings (SSSR count). The standard InChI is InChI=1S/C14H9Cl3O2/c15-10-4-1-3-9(7-10)14(18)19-8-11-12(16)5-2-6-13(11)17/h1-7H,8H2. The van der Waals surface area contributed by atoms with Crippen molar-refractivity contribution < 1.29 is 9.53 Å². The molecule has 19 heavy (non-hydrogen) atoms. The second-order valence-corrected chi connectivity index (χ2v) is 5.04. The van der Waals surface area contributed by atoms with Gasteiger partial charge in [0.15, 0.2) is 0 Å². The zero-order valence-corrected chi connectivity index (χ0v) is 12.0. The fourth-order valence-electron chi connectivity index (χ4n) is 1.51. The van der Waals surface area contributed by atoms with E-state index in [4.69, 9.17) is 39.5 Å². The van der Waals surface area contributed by atoms with E-state index in [9.17, 15) is 4.79 Å². The number of benzene rings is 2. The summed E-state index contributed by atoms with van der Waals surface area (Å²) in [5.41, 5.74) is 0.969. The van der Waals surface area contributed by atoms with E-state index in [0.717, 1.165) is 0 Å². The molecular weight excluding hydrogens is 307 g/mol. The summed E-state index contributed by atoms with van der Waals surface area (Å²) in [7, 11) is 0. The van der Waals surface area contributed by atoms with Gasteiger partial charge in [-0.1, -0.05) is 46.9 Å². The third kappa shape index (κ3) is 3.63. The number of esters is 1. The van der Waals surface area contributed by atoms with Crippen LogP contribution in [0.25, 0.3) is 0 Å². The largest absolute Gasteiger partial charge is 0.457 e. The average Bonchev–Trinajstić information content (AvgIpc) is 2.38. The third-order valence-electron chi connectivity index (χ3n) is 2.47. The first-order valence-electron chi connectivity index (χ1n) is 5.43. The van der Waals surface area contributed by atoms with Gasteiger partial charge in [-0.05, 0) is 30.3 Å². The Hall–Kier alpha value is -1.22. The molecule has 0 heterocycles. The second kappa shape index (κ2) is 6.29. The van der Waals surface area contributed by atoms with Crippen molar-refractivity contribution >= 4 is 40.8 Å². The highest BCUT2D eigenvalue weighted by molar-refractivity contribution is 6.36. The summed E-state index contributed by atoms with van der Waals surface area (Å²) in [5, 5.41) is 1.41. The summed E-state index contributed by atoms with van der Waals surface area (Å²) >= 11 is 17.8. The van der Waals surface area contributed by atoms with Gasteiger partial charge in [-0.3, -0.25) is 0 Å². The number of carbonyl (C=O) groups is 1. The molecule has 0 saturated heterocycles. The van der Waals surface area contributed by atoms with Crippen LogP contribution < -0.4 is 0 Å². The monoisotopic (exact) mass is 314 g/mol. The molecular formula is C14H9Cl3O2. The molecule has 0 aromatic heterocycles. The average molecular weight is 316 g/mol. The molecule has 0 saturated carbocycles. The van der Waals surface area contributed by atoms with Crippen molar-refractivity contribution in [2.75, 3.05) is 0 Å². The molecule has 2 nitrogen and oxygen atoms in total. The van der Waals surface area contributed by atoms with Gasteiger partial charge in [0.05, 0.1) is 5.56 Å². The topological polar surface area (TPSA) is 26.3 Å². The Morgan fingerprint density at radius 1 is 1.00 bits per heavy atom. The molecule has 0 amide bonds. The number of hydrogen-bond donors (Lipinski definition) is 0. The first kappa shape index (κ1) is 14.2. The maximum atomic E-state index is 11.8. The number of rotatable bonds is 3. The Morgan fingerprint density at radius 2 is 1.63 bits per heavy atom. The number of halogens is 3. The molecule has 0 unspecified atom stereocenters. The van der Waals surface area contributed by atoms with Gasteiger partial charge in [0.2, 0.25) is 0 Å². The van der Waals surface area contributed by atoms with Crippen LogP contribution in [0.3, 0.4) is 0 Å². The molecule has 0 atom stereocenters. The normalized spacial score (nSPS) is 10.3. The molecule has 0 radical (unpaired) electrons. The van der Waals surface area contributed by atoms with Crippen LogP contribution >= 0.6 is 34.8 Å². The smallest absolute Gasteiger partial charge is 0.338 e. The van der Waals surface area contributed by atoms with E-state index in [1.54, 1.807) is 36.4 Å². The summed E-state index contributed by atoms with van der Waals surface area (Å²) in [6, 6.07) is 11.6. The number of carbonyl (C=O) groups excluding carboxylic acids is 1. The van der Waals surface area contributed by atoms with Crippen LogP contribution in [-0.4, -0.2) is 5.97 Å². The molecule has 2 aromatic rings. The van der Waals surface area contributed by atoms with E-state index in [2.05, 4.69) is 0 Å². The number of hydrogen-bond acceptors (Lipinski definition) is 2. The first-order chi connectivity index (χ1) is 9.08. The predicted molar refractivity (Wildman–Crippen MR) is 77.0 cm³/mol. The maximum Gasteiger partial charge on any atom is 0.338 e. The zero-order valence-electron chi connectivity index (χ0n) is 9.70. The summed E-state index contributed by atoms with van der Waals surface area (Å²) in [6.45, 7) is 0.0177. The van der Waals surface area contributed by atoms with Crippen molar-refractivity contribution in [1.82, 2.24) is 0 Å². The predicted octanol–water partition coefficient (Wildman–Crippen LogP) is 5.00. The van der Waals surface area contributed by atoms with Gasteiger partial charge in [0, 0.05) is 20.6 Å². The highest BCUT2D eigenvalue weighted by Gasteiger charge is 2.11. The zero-order chi connectivity index (χ0) is 13.8. The molecule has 0 spiro atoms. The van der Waals surface area contributed by atoms with Gasteiger partial charge < -0.3 is 4.74 Å². The van der Waals surface area contributed by atoms with E-state index >= 15 is 0 Å². The summed E-state index contributed by atoms with van der Waals surface area (Å²) in [4.78, 5) is 11.8. The minimum atomic E-state index is -0.474. The lowest BCUT2D eigenvalue weighted by molar-refractivity contribution is 0.0473. The summed E-state index contributed by atoms with van der Waals surface area (Å²) in [5.74, 6) is -0.474. The van der Waals surface area contributed by atoms with Crippen LogP contribution in [0.15, 0.2) is 42.5 Å². The molecule has 5 heteroatoms. The molecule has 0 aliphatic rings. The van der Waals surface area contributed by atoms with Crippen LogP contribution in [0.1, 0.15) is 15.9 Å². The Kier molecular flexibility index (Phi) is 4.70. The van der Waals surface area contributed by atoms with Crippen molar-refractivity contribution in [2.24, 2.45) is 0 Å². The Bertz CT molecular complexity index is 591. The lowest BCUT2D eigenvalue weighted by Gasteiger charge is -2.08. The second-order valence-electron chi connectivity index (χ2n) is 3.79. The minimum Gasteiger partial charge on any atom is -0.457 e. The van der Waals surface area contributed by atoms with Gasteiger partial charge in [-0.15, -0.1) is 0 Å². The minimum absolute atomic E-state index is 0.0177. The van der Waals surface area contributed by atoms with Crippen molar-refractivity contribution in [1.29, 1.82) is 0 Å². The Morgan fingerprint density at radius 3 is 2.26 bits per heavy atom. The third-order valence-corrected chi connectivity index (χ3v) is 3.41. The van der Waals surface area contributed by atoms with Crippen LogP contribution in [0.2, 0.25) is 15.1 Å². The van der Waals surface area contributed by atoms with E-state index in [-0.39, 0.29) is 6.61 Å². The molecule has 0 bridgehead atoms. The van der Waals surface area contributed by atoms with E-state index in [1.807, 2.05) is 0 Å². The molecule has 2 aromatic carbocycles. The van der Waals surface area contributed by atoms with Gasteiger partial charge in [0.25, 0.3) is 0 Å². The molecule has 0 N–H and O–H groups in total. The van der Waals surface area contributed by atoms with Gasteiger partial charge >= 0.3 is 5.97 Å². The summed E-state index contributed by atoms with van der Waals surface area (Å²) in [6.07, 6.45) is 0. The Balaban J connectivity index is 2.09. The van der Waals surface area contributed by atoms with E-state index in [0.29, 0.717) is 26.2 Å². The van der Waals surface area contributed by atoms with Crippen molar-refractivity contribution in [3.63, 3.8) is 0 Å². The van der Waals surface area contributed by atoms with E-state index in [1.165, 1.54) is 6.07 Å². The van der Waals surface area contributed by atoms with Crippen LogP contribution in [-0.2, 0) is 11.3 Å². The van der Waals surface area contributed by atoms with Crippen LogP contribution in [0.4, 0.5) is 0 Å². The van der Waals surface area contributed by atoms with Crippen molar-refractivity contribution in [3.05, 3.63) is 68.7 Å². The molecule has 0 aliphatic carbocycles. The van der Waals surface area contributed by atoms with E-state index < -0.39 is 5.97 Å². The fourth-order valence-corrected chi connectivity index (χ4v) is 2.20. The van der Waals surface area contributed by atoms with Gasteiger partial charge in [-0.2, -0.15) is 0 Å². The lowest BCUT2D eigenvalue weighted by atomic mass is 10.2. The van der Waals surface area contributed by atoms with Crippen LogP contribution in [0.5, 0.6) is 0 Å². The molecule has 0 fully saturated rings. The number of ether oxygens (including phenoxy) is 1. The first-order valence-corrected chi connectivity index (χ1v) is 6.57. The SMILES string of the molecule is O=C(OCc1c(Cl)cccc1Cl)c1cccc(Cl)c1. The van der Waals surface area contributed by atoms with Gasteiger partial charge in [0.1, 0.15) is 6.61 Å². The molecule has 98 valence electrons. The lowest BCUT2D eigenvalue weighted by Crippen LogP contribution is -2.05. The highest BCUT2D eigenvalue weighted by Crippen LogP contribution is 2.25. The summed E-state index contributed by atoms with van der Waals surface area (Å²) < 4.78 is 5.16. The van der Waals surface area contributed by atoms with Gasteiger partial charge in [-0.25, -0.2) is 4.79 Å². The molecule has 0 aliphatic heterocycles. The van der Waals surface area contributed by atoms with Crippen molar-refractivity contribution in [3.8, 4) is 0 Å². The van der Waals surface area contributed by atoms with Crippen molar-refractivity contribution in [2.45, 2.75) is 6.61 Å². The fraction of sp³-hybridized carbons (Fsp3) is 0.0714.